The predicted octanol–water partition coefficient (Wildman–Crippen LogP) is 3.21. The van der Waals surface area contributed by atoms with E-state index in [1.54, 1.807) is 25.2 Å². The van der Waals surface area contributed by atoms with Crippen molar-refractivity contribution in [2.45, 2.75) is 10.9 Å². The van der Waals surface area contributed by atoms with Crippen LogP contribution in [0.25, 0.3) is 27.4 Å². The van der Waals surface area contributed by atoms with E-state index < -0.39 is 0 Å². The van der Waals surface area contributed by atoms with Crippen molar-refractivity contribution in [1.29, 1.82) is 0 Å². The molecule has 0 aliphatic rings. The fourth-order valence-electron chi connectivity index (χ4n) is 3.11. The Hall–Kier alpha value is -2.60. The van der Waals surface area contributed by atoms with Crippen LogP contribution in [0.3, 0.4) is 0 Å². The average molecular weight is 479 g/mol. The molecule has 5 rings (SSSR count). The summed E-state index contributed by atoms with van der Waals surface area (Å²) in [5.41, 5.74) is 1.32. The van der Waals surface area contributed by atoms with Gasteiger partial charge >= 0.3 is 0 Å². The standard InChI is InChI=1S/C17H12Cl2N8OS2/c1-25-15(28)13-11(4-5-29-13)26-12(21-23-16(25)26)7-30-17-24-22-14(27(17)20)9-3-2-8(18)6-10(9)19/h2-6H,7,20H2,1H3. The van der Waals surface area contributed by atoms with Crippen molar-refractivity contribution in [2.24, 2.45) is 7.05 Å². The molecular weight excluding hydrogens is 467 g/mol. The number of thiophene rings is 1. The van der Waals surface area contributed by atoms with E-state index in [1.807, 2.05) is 15.8 Å². The molecule has 5 aromatic rings. The Kier molecular flexibility index (Phi) is 4.69. The highest BCUT2D eigenvalue weighted by Gasteiger charge is 2.19. The SMILES string of the molecule is Cn1c(=O)c2sccc2n2c(CSc3nnc(-c4ccc(Cl)cc4Cl)n3N)nnc12. The predicted molar refractivity (Wildman–Crippen MR) is 119 cm³/mol. The largest absolute Gasteiger partial charge is 0.335 e. The van der Waals surface area contributed by atoms with Gasteiger partial charge in [-0.3, -0.25) is 13.8 Å². The summed E-state index contributed by atoms with van der Waals surface area (Å²) in [6, 6.07) is 6.96. The zero-order valence-corrected chi connectivity index (χ0v) is 18.4. The molecule has 4 aromatic heterocycles. The Bertz CT molecular complexity index is 1480. The Morgan fingerprint density at radius 2 is 2.00 bits per heavy atom. The summed E-state index contributed by atoms with van der Waals surface area (Å²) < 4.78 is 5.39. The first-order chi connectivity index (χ1) is 14.5. The summed E-state index contributed by atoms with van der Waals surface area (Å²) in [7, 11) is 1.68. The number of benzene rings is 1. The van der Waals surface area contributed by atoms with Gasteiger partial charge in [-0.05, 0) is 29.6 Å². The number of nitrogens with zero attached hydrogens (tertiary/aromatic N) is 7. The zero-order valence-electron chi connectivity index (χ0n) is 15.3. The van der Waals surface area contributed by atoms with Crippen LogP contribution in [0.1, 0.15) is 5.82 Å². The number of thioether (sulfide) groups is 1. The molecule has 13 heteroatoms. The van der Waals surface area contributed by atoms with Gasteiger partial charge in [-0.2, -0.15) is 0 Å². The quantitative estimate of drug-likeness (QED) is 0.311. The van der Waals surface area contributed by atoms with Crippen molar-refractivity contribution in [2.75, 3.05) is 5.84 Å². The Balaban J connectivity index is 1.50. The van der Waals surface area contributed by atoms with Crippen LogP contribution in [0.2, 0.25) is 10.0 Å². The van der Waals surface area contributed by atoms with Crippen LogP contribution < -0.4 is 11.4 Å². The molecule has 0 fully saturated rings. The first-order valence-corrected chi connectivity index (χ1v) is 11.2. The third kappa shape index (κ3) is 2.97. The van der Waals surface area contributed by atoms with Crippen LogP contribution in [0, 0.1) is 0 Å². The molecule has 0 amide bonds. The van der Waals surface area contributed by atoms with Crippen molar-refractivity contribution < 1.29 is 0 Å². The molecule has 0 bridgehead atoms. The molecule has 0 aliphatic carbocycles. The van der Waals surface area contributed by atoms with Gasteiger partial charge in [0.2, 0.25) is 10.9 Å². The normalized spacial score (nSPS) is 11.7. The van der Waals surface area contributed by atoms with Crippen LogP contribution >= 0.6 is 46.3 Å². The number of hydrogen-bond acceptors (Lipinski definition) is 8. The molecule has 152 valence electrons. The summed E-state index contributed by atoms with van der Waals surface area (Å²) >= 11 is 15.0. The van der Waals surface area contributed by atoms with Gasteiger partial charge in [-0.1, -0.05) is 35.0 Å². The molecule has 2 N–H and O–H groups in total. The Morgan fingerprint density at radius 1 is 1.17 bits per heavy atom. The van der Waals surface area contributed by atoms with Gasteiger partial charge in [-0.25, -0.2) is 4.68 Å². The third-order valence-corrected chi connectivity index (χ3v) is 6.94. The van der Waals surface area contributed by atoms with E-state index in [-0.39, 0.29) is 5.56 Å². The van der Waals surface area contributed by atoms with Crippen LogP contribution in [-0.4, -0.2) is 34.0 Å². The highest BCUT2D eigenvalue weighted by Crippen LogP contribution is 2.31. The van der Waals surface area contributed by atoms with Gasteiger partial charge in [0, 0.05) is 17.6 Å². The van der Waals surface area contributed by atoms with E-state index in [4.69, 9.17) is 29.0 Å². The molecule has 0 unspecified atom stereocenters. The lowest BCUT2D eigenvalue weighted by Gasteiger charge is -2.06. The van der Waals surface area contributed by atoms with Crippen LogP contribution in [0.4, 0.5) is 0 Å². The molecular formula is C17H12Cl2N8OS2. The number of aryl methyl sites for hydroxylation is 1. The zero-order chi connectivity index (χ0) is 21.0. The molecule has 0 radical (unpaired) electrons. The van der Waals surface area contributed by atoms with Crippen LogP contribution in [0.5, 0.6) is 0 Å². The second-order valence-electron chi connectivity index (χ2n) is 6.34. The molecule has 0 saturated heterocycles. The number of nitrogen functional groups attached to an aromatic ring is 1. The van der Waals surface area contributed by atoms with E-state index in [0.29, 0.717) is 48.6 Å². The second kappa shape index (κ2) is 7.27. The monoisotopic (exact) mass is 478 g/mol. The summed E-state index contributed by atoms with van der Waals surface area (Å²) in [4.78, 5) is 12.5. The van der Waals surface area contributed by atoms with Crippen LogP contribution in [0.15, 0.2) is 39.6 Å². The van der Waals surface area contributed by atoms with E-state index in [0.717, 1.165) is 5.52 Å². The first kappa shape index (κ1) is 19.4. The molecule has 9 nitrogen and oxygen atoms in total. The van der Waals surface area contributed by atoms with Crippen LogP contribution in [-0.2, 0) is 12.8 Å². The minimum Gasteiger partial charge on any atom is -0.335 e. The van der Waals surface area contributed by atoms with E-state index >= 15 is 0 Å². The van der Waals surface area contributed by atoms with Gasteiger partial charge in [0.1, 0.15) is 10.5 Å². The highest BCUT2D eigenvalue weighted by molar-refractivity contribution is 7.98. The number of nitrogens with two attached hydrogens (primary N) is 1. The van der Waals surface area contributed by atoms with Crippen molar-refractivity contribution >= 4 is 62.3 Å². The van der Waals surface area contributed by atoms with Crippen molar-refractivity contribution in [1.82, 2.24) is 34.0 Å². The minimum atomic E-state index is -0.0923. The van der Waals surface area contributed by atoms with Gasteiger partial charge < -0.3 is 5.84 Å². The molecule has 0 aliphatic heterocycles. The van der Waals surface area contributed by atoms with E-state index in [1.165, 1.54) is 32.3 Å². The molecule has 0 saturated carbocycles. The topological polar surface area (TPSA) is 109 Å². The summed E-state index contributed by atoms with van der Waals surface area (Å²) in [5, 5.41) is 20.1. The number of hydrogen-bond donors (Lipinski definition) is 1. The van der Waals surface area contributed by atoms with Gasteiger partial charge in [0.15, 0.2) is 5.82 Å². The number of aromatic nitrogens is 7. The third-order valence-electron chi connectivity index (χ3n) is 4.56. The maximum absolute atomic E-state index is 12.5. The smallest absolute Gasteiger partial charge is 0.272 e. The number of rotatable bonds is 4. The van der Waals surface area contributed by atoms with Gasteiger partial charge in [0.05, 0.1) is 16.3 Å². The molecule has 4 heterocycles. The van der Waals surface area contributed by atoms with Gasteiger partial charge in [0.25, 0.3) is 5.56 Å². The number of fused-ring (bicyclic) bond motifs is 3. The second-order valence-corrected chi connectivity index (χ2v) is 9.04. The Morgan fingerprint density at radius 3 is 2.80 bits per heavy atom. The van der Waals surface area contributed by atoms with Crippen molar-refractivity contribution in [3.8, 4) is 11.4 Å². The van der Waals surface area contributed by atoms with E-state index in [9.17, 15) is 4.79 Å². The van der Waals surface area contributed by atoms with Gasteiger partial charge in [-0.15, -0.1) is 31.7 Å². The fourth-order valence-corrected chi connectivity index (χ4v) is 5.22. The van der Waals surface area contributed by atoms with E-state index in [2.05, 4.69) is 20.4 Å². The first-order valence-electron chi connectivity index (χ1n) is 8.54. The molecule has 0 spiro atoms. The summed E-state index contributed by atoms with van der Waals surface area (Å²) in [5.74, 6) is 8.20. The summed E-state index contributed by atoms with van der Waals surface area (Å²) in [6.45, 7) is 0. The lowest BCUT2D eigenvalue weighted by atomic mass is 10.2. The molecule has 0 atom stereocenters. The maximum atomic E-state index is 12.5. The lowest BCUT2D eigenvalue weighted by molar-refractivity contribution is 0.846. The maximum Gasteiger partial charge on any atom is 0.272 e. The minimum absolute atomic E-state index is 0.0923. The molecule has 1 aromatic carbocycles. The fraction of sp³-hybridized carbons (Fsp3) is 0.118. The summed E-state index contributed by atoms with van der Waals surface area (Å²) in [6.07, 6.45) is 0. The Labute approximate surface area is 187 Å². The molecule has 30 heavy (non-hydrogen) atoms. The highest BCUT2D eigenvalue weighted by atomic mass is 35.5. The average Bonchev–Trinajstić information content (AvgIpc) is 3.43. The lowest BCUT2D eigenvalue weighted by Crippen LogP contribution is -2.19. The van der Waals surface area contributed by atoms with Crippen molar-refractivity contribution in [3.05, 3.63) is 55.9 Å². The van der Waals surface area contributed by atoms with Crippen molar-refractivity contribution in [3.63, 3.8) is 0 Å². The number of halogens is 2.